The zero-order valence-corrected chi connectivity index (χ0v) is 12.3. The predicted octanol–water partition coefficient (Wildman–Crippen LogP) is 3.34. The van der Waals surface area contributed by atoms with Crippen LogP contribution in [0.4, 0.5) is 0 Å². The van der Waals surface area contributed by atoms with Gasteiger partial charge in [-0.2, -0.15) is 0 Å². The Morgan fingerprint density at radius 3 is 2.78 bits per heavy atom. The lowest BCUT2D eigenvalue weighted by Gasteiger charge is -2.43. The van der Waals surface area contributed by atoms with Gasteiger partial charge in [0.25, 0.3) is 0 Å². The van der Waals surface area contributed by atoms with E-state index in [9.17, 15) is 0 Å². The van der Waals surface area contributed by atoms with E-state index in [1.807, 2.05) is 0 Å². The summed E-state index contributed by atoms with van der Waals surface area (Å²) in [5.74, 6) is 0. The van der Waals surface area contributed by atoms with Crippen molar-refractivity contribution in [2.24, 2.45) is 0 Å². The van der Waals surface area contributed by atoms with Crippen LogP contribution in [0.1, 0.15) is 58.8 Å². The fraction of sp³-hybridized carbons (Fsp3) is 0.875. The Morgan fingerprint density at radius 2 is 2.11 bits per heavy atom. The molecule has 0 aromatic rings. The number of rotatable bonds is 5. The molecule has 1 aliphatic carbocycles. The van der Waals surface area contributed by atoms with E-state index in [1.165, 1.54) is 71.1 Å². The molecule has 1 N–H and O–H groups in total. The molecule has 0 saturated carbocycles. The van der Waals surface area contributed by atoms with Crippen molar-refractivity contribution in [3.63, 3.8) is 0 Å². The van der Waals surface area contributed by atoms with Gasteiger partial charge in [0.15, 0.2) is 0 Å². The largest absolute Gasteiger partial charge is 0.309 e. The lowest BCUT2D eigenvalue weighted by molar-refractivity contribution is 0.125. The van der Waals surface area contributed by atoms with Crippen LogP contribution >= 0.6 is 0 Å². The Bertz CT molecular complexity index is 279. The number of nitrogens with one attached hydrogen (secondary N) is 1. The molecule has 0 spiro atoms. The van der Waals surface area contributed by atoms with Gasteiger partial charge >= 0.3 is 0 Å². The van der Waals surface area contributed by atoms with Crippen molar-refractivity contribution in [1.29, 1.82) is 0 Å². The first-order chi connectivity index (χ1) is 8.78. The fourth-order valence-electron chi connectivity index (χ4n) is 3.39. The van der Waals surface area contributed by atoms with Gasteiger partial charge < -0.3 is 5.32 Å². The van der Waals surface area contributed by atoms with Crippen LogP contribution in [0.25, 0.3) is 0 Å². The van der Waals surface area contributed by atoms with Gasteiger partial charge in [-0.25, -0.2) is 0 Å². The highest BCUT2D eigenvalue weighted by Crippen LogP contribution is 2.23. The van der Waals surface area contributed by atoms with Gasteiger partial charge in [-0.1, -0.05) is 25.5 Å². The minimum absolute atomic E-state index is 0.388. The first kappa shape index (κ1) is 14.1. The Morgan fingerprint density at radius 1 is 1.28 bits per heavy atom. The Hall–Kier alpha value is -0.340. The van der Waals surface area contributed by atoms with Crippen molar-refractivity contribution in [2.75, 3.05) is 26.2 Å². The van der Waals surface area contributed by atoms with Crippen molar-refractivity contribution in [3.05, 3.63) is 11.6 Å². The summed E-state index contributed by atoms with van der Waals surface area (Å²) in [6.45, 7) is 9.56. The highest BCUT2D eigenvalue weighted by molar-refractivity contribution is 5.05. The lowest BCUT2D eigenvalue weighted by atomic mass is 9.90. The summed E-state index contributed by atoms with van der Waals surface area (Å²) in [5.41, 5.74) is 2.11. The predicted molar refractivity (Wildman–Crippen MR) is 78.9 cm³/mol. The fourth-order valence-corrected chi connectivity index (χ4v) is 3.39. The van der Waals surface area contributed by atoms with E-state index in [2.05, 4.69) is 30.1 Å². The third-order valence-electron chi connectivity index (χ3n) is 4.94. The molecule has 1 heterocycles. The molecule has 0 aromatic carbocycles. The second-order valence-electron chi connectivity index (χ2n) is 6.05. The van der Waals surface area contributed by atoms with E-state index >= 15 is 0 Å². The van der Waals surface area contributed by atoms with Crippen LogP contribution in [0, 0.1) is 0 Å². The summed E-state index contributed by atoms with van der Waals surface area (Å²) in [6.07, 6.45) is 11.8. The van der Waals surface area contributed by atoms with E-state index in [-0.39, 0.29) is 0 Å². The van der Waals surface area contributed by atoms with Gasteiger partial charge in [0, 0.05) is 31.7 Å². The molecular formula is C16H30N2. The molecule has 2 nitrogen and oxygen atoms in total. The molecule has 2 rings (SSSR count). The quantitative estimate of drug-likeness (QED) is 0.753. The summed E-state index contributed by atoms with van der Waals surface area (Å²) < 4.78 is 0. The van der Waals surface area contributed by atoms with Crippen molar-refractivity contribution < 1.29 is 0 Å². The third-order valence-corrected chi connectivity index (χ3v) is 4.94. The minimum atomic E-state index is 0.388. The molecular weight excluding hydrogens is 220 g/mol. The molecule has 0 radical (unpaired) electrons. The summed E-state index contributed by atoms with van der Waals surface area (Å²) in [7, 11) is 0. The van der Waals surface area contributed by atoms with E-state index in [4.69, 9.17) is 0 Å². The molecule has 0 amide bonds. The maximum Gasteiger partial charge on any atom is 0.0304 e. The highest BCUT2D eigenvalue weighted by Gasteiger charge is 2.31. The van der Waals surface area contributed by atoms with Crippen molar-refractivity contribution in [2.45, 2.75) is 64.3 Å². The average molecular weight is 250 g/mol. The summed E-state index contributed by atoms with van der Waals surface area (Å²) in [4.78, 5) is 2.68. The average Bonchev–Trinajstić information content (AvgIpc) is 2.46. The second kappa shape index (κ2) is 6.72. The zero-order valence-electron chi connectivity index (χ0n) is 12.3. The van der Waals surface area contributed by atoms with E-state index in [0.717, 1.165) is 0 Å². The monoisotopic (exact) mass is 250 g/mol. The molecule has 0 unspecified atom stereocenters. The van der Waals surface area contributed by atoms with Crippen LogP contribution in [0.3, 0.4) is 0 Å². The van der Waals surface area contributed by atoms with Crippen molar-refractivity contribution in [3.8, 4) is 0 Å². The molecule has 1 saturated heterocycles. The summed E-state index contributed by atoms with van der Waals surface area (Å²) in [5, 5.41) is 3.74. The molecule has 2 aliphatic rings. The SMILES string of the molecule is CCC1(CC)CN(CCC2=CCCCC2)CCN1. The van der Waals surface area contributed by atoms with Crippen LogP contribution in [0.5, 0.6) is 0 Å². The van der Waals surface area contributed by atoms with Crippen LogP contribution in [-0.2, 0) is 0 Å². The van der Waals surface area contributed by atoms with E-state index in [1.54, 1.807) is 5.57 Å². The maximum atomic E-state index is 3.74. The third kappa shape index (κ3) is 3.58. The Balaban J connectivity index is 1.80. The van der Waals surface area contributed by atoms with Crippen LogP contribution < -0.4 is 5.32 Å². The van der Waals surface area contributed by atoms with Crippen molar-refractivity contribution >= 4 is 0 Å². The standard InChI is InChI=1S/C16H30N2/c1-3-16(4-2)14-18(13-11-17-16)12-10-15-8-6-5-7-9-15/h8,17H,3-7,9-14H2,1-2H3. The van der Waals surface area contributed by atoms with Gasteiger partial charge in [-0.3, -0.25) is 4.90 Å². The summed E-state index contributed by atoms with van der Waals surface area (Å²) in [6, 6.07) is 0. The molecule has 0 bridgehead atoms. The number of allylic oxidation sites excluding steroid dienone is 1. The van der Waals surface area contributed by atoms with Crippen molar-refractivity contribution in [1.82, 2.24) is 10.2 Å². The number of hydrogen-bond acceptors (Lipinski definition) is 2. The molecule has 2 heteroatoms. The summed E-state index contributed by atoms with van der Waals surface area (Å²) >= 11 is 0. The number of hydrogen-bond donors (Lipinski definition) is 1. The molecule has 18 heavy (non-hydrogen) atoms. The van der Waals surface area contributed by atoms with Gasteiger partial charge in [0.2, 0.25) is 0 Å². The normalized spacial score (nSPS) is 24.9. The van der Waals surface area contributed by atoms with E-state index < -0.39 is 0 Å². The number of piperazine rings is 1. The van der Waals surface area contributed by atoms with Gasteiger partial charge in [0.05, 0.1) is 0 Å². The molecule has 0 atom stereocenters. The smallest absolute Gasteiger partial charge is 0.0304 e. The molecule has 104 valence electrons. The topological polar surface area (TPSA) is 15.3 Å². The van der Waals surface area contributed by atoms with Gasteiger partial charge in [0.1, 0.15) is 0 Å². The van der Waals surface area contributed by atoms with Crippen LogP contribution in [0.2, 0.25) is 0 Å². The first-order valence-electron chi connectivity index (χ1n) is 7.93. The highest BCUT2D eigenvalue weighted by atomic mass is 15.2. The Labute approximate surface area is 113 Å². The minimum Gasteiger partial charge on any atom is -0.309 e. The maximum absolute atomic E-state index is 3.74. The zero-order chi connectivity index (χ0) is 12.8. The number of nitrogens with zero attached hydrogens (tertiary/aromatic N) is 1. The van der Waals surface area contributed by atoms with Crippen LogP contribution in [0.15, 0.2) is 11.6 Å². The first-order valence-corrected chi connectivity index (χ1v) is 7.93. The molecule has 1 fully saturated rings. The van der Waals surface area contributed by atoms with E-state index in [0.29, 0.717) is 5.54 Å². The van der Waals surface area contributed by atoms with Gasteiger partial charge in [-0.15, -0.1) is 0 Å². The van der Waals surface area contributed by atoms with Crippen LogP contribution in [-0.4, -0.2) is 36.6 Å². The molecule has 1 aliphatic heterocycles. The Kier molecular flexibility index (Phi) is 5.25. The lowest BCUT2D eigenvalue weighted by Crippen LogP contribution is -2.59. The molecule has 0 aromatic heterocycles. The van der Waals surface area contributed by atoms with Gasteiger partial charge in [-0.05, 0) is 44.9 Å². The second-order valence-corrected chi connectivity index (χ2v) is 6.05.